The van der Waals surface area contributed by atoms with Crippen LogP contribution in [0.4, 0.5) is 0 Å². The largest absolute Gasteiger partial charge is 0.272 e. The van der Waals surface area contributed by atoms with E-state index < -0.39 is 7.05 Å². The summed E-state index contributed by atoms with van der Waals surface area (Å²) in [7, 11) is -1.15. The van der Waals surface area contributed by atoms with Gasteiger partial charge in [-0.15, -0.1) is 0 Å². The summed E-state index contributed by atoms with van der Waals surface area (Å²) in [6, 6.07) is 0. The zero-order chi connectivity index (χ0) is 27.9. The molecule has 0 unspecified atom stereocenters. The summed E-state index contributed by atoms with van der Waals surface area (Å²) in [5, 5.41) is 0. The van der Waals surface area contributed by atoms with E-state index >= 15 is 0 Å². The molecule has 220 valence electrons. The Bertz CT molecular complexity index is 679. The van der Waals surface area contributed by atoms with Gasteiger partial charge in [0, 0.05) is 33.8 Å². The number of unbranched alkanes of at least 4 members (excludes halogenated alkanes) is 9. The maximum absolute atomic E-state index is 5.51. The van der Waals surface area contributed by atoms with Crippen molar-refractivity contribution in [2.24, 2.45) is 16.6 Å². The third-order valence-corrected chi connectivity index (χ3v) is 11.3. The molecule has 0 heterocycles. The van der Waals surface area contributed by atoms with Crippen molar-refractivity contribution in [3.05, 3.63) is 47.2 Å². The van der Waals surface area contributed by atoms with E-state index in [4.69, 9.17) is 4.74 Å². The van der Waals surface area contributed by atoms with Gasteiger partial charge in [0.25, 0.3) is 0 Å². The Morgan fingerprint density at radius 3 is 1.39 bits per heavy atom. The zero-order valence-electron chi connectivity index (χ0n) is 27.2. The second kappa shape index (κ2) is 25.8. The summed E-state index contributed by atoms with van der Waals surface area (Å²) in [5.41, 5.74) is 4.22. The Morgan fingerprint density at radius 2 is 1.11 bits per heavy atom. The first kappa shape index (κ1) is 40.0. The fourth-order valence-corrected chi connectivity index (χ4v) is 9.13. The number of nitrogens with zero attached hydrogens (tertiary/aromatic N) is 1. The van der Waals surface area contributed by atoms with Crippen LogP contribution >= 0.6 is 7.05 Å². The summed E-state index contributed by atoms with van der Waals surface area (Å²) in [4.78, 5) is 0. The van der Waals surface area contributed by atoms with Gasteiger partial charge >= 0.3 is 0 Å². The molecule has 1 nitrogen and oxygen atoms in total. The maximum Gasteiger partial charge on any atom is 0.0425 e. The third kappa shape index (κ3) is 21.7. The van der Waals surface area contributed by atoms with Crippen LogP contribution in [0.2, 0.25) is 0 Å². The van der Waals surface area contributed by atoms with Gasteiger partial charge in [-0.2, -0.15) is 0 Å². The Hall–Kier alpha value is -0.0957. The van der Waals surface area contributed by atoms with E-state index in [1.807, 2.05) is 0 Å². The Balaban J connectivity index is 0. The van der Waals surface area contributed by atoms with Crippen LogP contribution in [-0.2, 0) is 21.7 Å². The van der Waals surface area contributed by atoms with Crippen LogP contribution in [0.5, 0.6) is 0 Å². The molecule has 1 rings (SSSR count). The molecule has 0 aromatic heterocycles. The zero-order valence-corrected chi connectivity index (χ0v) is 29.7. The van der Waals surface area contributed by atoms with Gasteiger partial charge in [0.2, 0.25) is 0 Å². The molecule has 0 atom stereocenters. The first-order chi connectivity index (χ1) is 17.7. The average molecular weight is 580 g/mol. The van der Waals surface area contributed by atoms with E-state index in [1.54, 1.807) is 0 Å². The monoisotopic (exact) mass is 579 g/mol. The molecule has 0 fully saturated rings. The summed E-state index contributed by atoms with van der Waals surface area (Å²) in [6.07, 6.45) is 33.4. The number of hydrogen-bond donors (Lipinski definition) is 0. The third-order valence-electron chi connectivity index (χ3n) is 7.16. The predicted molar refractivity (Wildman–Crippen MR) is 175 cm³/mol. The van der Waals surface area contributed by atoms with E-state index in [-0.39, 0.29) is 21.7 Å². The number of rotatable bonds is 19. The van der Waals surface area contributed by atoms with Gasteiger partial charge in [0.1, 0.15) is 0 Å². The van der Waals surface area contributed by atoms with Crippen molar-refractivity contribution in [1.29, 1.82) is 0 Å². The van der Waals surface area contributed by atoms with E-state index in [2.05, 4.69) is 92.7 Å². The predicted octanol–water partition coefficient (Wildman–Crippen LogP) is 13.0. The van der Waals surface area contributed by atoms with E-state index in [9.17, 15) is 0 Å². The maximum atomic E-state index is 5.51. The fourth-order valence-electron chi connectivity index (χ4n) is 5.03. The van der Waals surface area contributed by atoms with Crippen molar-refractivity contribution < 1.29 is 21.7 Å². The molecule has 1 aliphatic rings. The molecule has 0 N–H and O–H groups in total. The fraction of sp³-hybridized carbons (Fsp3) is 0.771. The molecule has 0 bridgehead atoms. The second-order valence-electron chi connectivity index (χ2n) is 12.0. The van der Waals surface area contributed by atoms with Crippen LogP contribution in [0, 0.1) is 11.8 Å². The summed E-state index contributed by atoms with van der Waals surface area (Å²) in [5.74, 6) is 1.31. The van der Waals surface area contributed by atoms with Crippen LogP contribution < -0.4 is 0 Å². The van der Waals surface area contributed by atoms with Gasteiger partial charge in [0.15, 0.2) is 0 Å². The van der Waals surface area contributed by atoms with E-state index in [1.165, 1.54) is 112 Å². The van der Waals surface area contributed by atoms with Crippen LogP contribution in [-0.4, -0.2) is 18.5 Å². The van der Waals surface area contributed by atoms with Gasteiger partial charge in [-0.3, -0.25) is 4.74 Å². The quantitative estimate of drug-likeness (QED) is 0.0625. The first-order valence-corrected chi connectivity index (χ1v) is 18.3. The molecule has 0 aromatic rings. The van der Waals surface area contributed by atoms with Gasteiger partial charge in [0.05, 0.1) is 0 Å². The van der Waals surface area contributed by atoms with Crippen molar-refractivity contribution in [2.75, 3.05) is 18.5 Å². The molecule has 38 heavy (non-hydrogen) atoms. The summed E-state index contributed by atoms with van der Waals surface area (Å²) < 4.78 is 5.51. The topological polar surface area (TPSA) is 12.4 Å². The first-order valence-electron chi connectivity index (χ1n) is 16.0. The van der Waals surface area contributed by atoms with E-state index in [0.717, 1.165) is 6.42 Å². The van der Waals surface area contributed by atoms with Crippen LogP contribution in [0.3, 0.4) is 0 Å². The van der Waals surface area contributed by atoms with Crippen molar-refractivity contribution in [1.82, 2.24) is 0 Å². The van der Waals surface area contributed by atoms with Gasteiger partial charge in [-0.1, -0.05) is 142 Å². The Labute approximate surface area is 255 Å². The smallest absolute Gasteiger partial charge is 0.0425 e. The van der Waals surface area contributed by atoms with Crippen molar-refractivity contribution >= 4 is 7.05 Å². The molecule has 0 aliphatic heterocycles. The van der Waals surface area contributed by atoms with Crippen molar-refractivity contribution in [3.8, 4) is 0 Å². The molecular formula is C35H66NPTi. The van der Waals surface area contributed by atoms with Crippen LogP contribution in [0.25, 0.3) is 0 Å². The molecule has 0 spiro atoms. The summed E-state index contributed by atoms with van der Waals surface area (Å²) in [6.45, 7) is 20.2. The minimum Gasteiger partial charge on any atom is -0.272 e. The van der Waals surface area contributed by atoms with Gasteiger partial charge in [-0.25, -0.2) is 0 Å². The normalized spacial score (nSPS) is 13.9. The minimum absolute atomic E-state index is 0. The Kier molecular flexibility index (Phi) is 27.2. The molecule has 0 radical (unpaired) electrons. The average Bonchev–Trinajstić information content (AvgIpc) is 3.35. The van der Waals surface area contributed by atoms with Crippen LogP contribution in [0.15, 0.2) is 52.0 Å². The standard InChI is InChI=1S/C23H44NP.C12H22.Ti/c1-4-7-10-15-20-25(21-16-11-8-5-2,22-17-12-9-6-3)24-23-18-13-14-19-23;1-9(2)7-11(5)12(6)8-10(3)4;/h13-14,18H,4-12,15-17,19-22H2,1-3H3;7-10H,1-6H3;. The number of hydrogen-bond acceptors (Lipinski definition) is 1. The molecule has 3 heteroatoms. The van der Waals surface area contributed by atoms with Gasteiger partial charge in [-0.05, 0) is 76.6 Å². The molecular weight excluding hydrogens is 513 g/mol. The molecule has 0 aromatic carbocycles. The number of allylic oxidation sites excluding steroid dienone is 7. The summed E-state index contributed by atoms with van der Waals surface area (Å²) >= 11 is 0. The minimum atomic E-state index is -1.15. The second-order valence-corrected chi connectivity index (χ2v) is 15.8. The molecule has 0 saturated carbocycles. The van der Waals surface area contributed by atoms with Crippen LogP contribution in [0.1, 0.15) is 146 Å². The Morgan fingerprint density at radius 1 is 0.711 bits per heavy atom. The SMILES string of the molecule is CC(=CC(C)C)C(C)=CC(C)C.CCCCCCP(CCCCCC)(CCCCCC)=NC1=CC=CC1.[Ti]. The van der Waals surface area contributed by atoms with Gasteiger partial charge < -0.3 is 0 Å². The van der Waals surface area contributed by atoms with Crippen molar-refractivity contribution in [3.63, 3.8) is 0 Å². The molecule has 0 saturated heterocycles. The molecule has 0 amide bonds. The van der Waals surface area contributed by atoms with E-state index in [0.29, 0.717) is 11.8 Å². The van der Waals surface area contributed by atoms with Crippen molar-refractivity contribution in [2.45, 2.75) is 146 Å². The molecule has 1 aliphatic carbocycles.